The maximum Gasteiger partial charge on any atom is 0.183 e. The number of ether oxygens (including phenoxy) is 2. The number of azo groups is 1. The summed E-state index contributed by atoms with van der Waals surface area (Å²) in [7, 11) is 0. The van der Waals surface area contributed by atoms with Gasteiger partial charge in [-0.3, -0.25) is 10.8 Å². The van der Waals surface area contributed by atoms with Crippen molar-refractivity contribution in [3.05, 3.63) is 0 Å². The van der Waals surface area contributed by atoms with Crippen LogP contribution in [-0.2, 0) is 9.47 Å². The molecule has 6 nitrogen and oxygen atoms in total. The topological polar surface area (TPSA) is 90.9 Å². The molecule has 2 atom stereocenters. The van der Waals surface area contributed by atoms with Gasteiger partial charge in [0.2, 0.25) is 0 Å². The van der Waals surface area contributed by atoms with E-state index < -0.39 is 0 Å². The van der Waals surface area contributed by atoms with Crippen molar-refractivity contribution in [2.45, 2.75) is 40.5 Å². The molecular formula is C14H28N4O2. The Hall–Kier alpha value is -1.46. The second-order valence-electron chi connectivity index (χ2n) is 4.77. The molecule has 2 N–H and O–H groups in total. The molecule has 0 saturated carbocycles. The summed E-state index contributed by atoms with van der Waals surface area (Å²) in [6.07, 6.45) is 1.81. The molecule has 0 aliphatic carbocycles. The van der Waals surface area contributed by atoms with Crippen molar-refractivity contribution < 1.29 is 9.47 Å². The second-order valence-corrected chi connectivity index (χ2v) is 4.77. The van der Waals surface area contributed by atoms with E-state index in [0.29, 0.717) is 38.1 Å². The predicted molar refractivity (Wildman–Crippen MR) is 80.9 cm³/mol. The highest BCUT2D eigenvalue weighted by atomic mass is 16.5. The summed E-state index contributed by atoms with van der Waals surface area (Å²) in [6.45, 7) is 9.65. The number of nitrogens with zero attached hydrogens (tertiary/aromatic N) is 2. The highest BCUT2D eigenvalue weighted by Gasteiger charge is 2.07. The van der Waals surface area contributed by atoms with Crippen molar-refractivity contribution in [1.29, 1.82) is 10.8 Å². The largest absolute Gasteiger partial charge is 0.479 e. The Morgan fingerprint density at radius 2 is 1.20 bits per heavy atom. The van der Waals surface area contributed by atoms with Crippen LogP contribution in [0.4, 0.5) is 0 Å². The first-order valence-electron chi connectivity index (χ1n) is 7.28. The smallest absolute Gasteiger partial charge is 0.183 e. The summed E-state index contributed by atoms with van der Waals surface area (Å²) in [6, 6.07) is 0. The molecule has 0 rings (SSSR count). The fourth-order valence-electron chi connectivity index (χ4n) is 1.19. The minimum Gasteiger partial charge on any atom is -0.479 e. The Kier molecular flexibility index (Phi) is 10.5. The molecule has 0 aliphatic heterocycles. The fraction of sp³-hybridized carbons (Fsp3) is 0.857. The average molecular weight is 284 g/mol. The molecule has 20 heavy (non-hydrogen) atoms. The van der Waals surface area contributed by atoms with Crippen LogP contribution in [0.15, 0.2) is 10.2 Å². The summed E-state index contributed by atoms with van der Waals surface area (Å²) >= 11 is 0. The Labute approximate surface area is 122 Å². The van der Waals surface area contributed by atoms with Crippen molar-refractivity contribution in [2.75, 3.05) is 26.3 Å². The van der Waals surface area contributed by atoms with Gasteiger partial charge in [-0.15, -0.1) is 0 Å². The monoisotopic (exact) mass is 284 g/mol. The standard InChI is InChI=1S/C14H28N4O2/c1-5-11(3)13(15)19-9-7-17-18-8-10-20-14(16)12(4)6-2/h11-12,15-16H,5-10H2,1-4H3. The molecule has 0 spiro atoms. The van der Waals surface area contributed by atoms with Crippen LogP contribution in [0.1, 0.15) is 40.5 Å². The van der Waals surface area contributed by atoms with Crippen LogP contribution in [0, 0.1) is 22.7 Å². The second kappa shape index (κ2) is 11.4. The minimum absolute atomic E-state index is 0.159. The van der Waals surface area contributed by atoms with Gasteiger partial charge in [0.15, 0.2) is 11.8 Å². The Bertz CT molecular complexity index is 288. The SMILES string of the molecule is CCC(C)C(=N)OCCN=NCCOC(=N)C(C)CC. The quantitative estimate of drug-likeness (QED) is 0.278. The summed E-state index contributed by atoms with van der Waals surface area (Å²) in [5.74, 6) is 0.944. The van der Waals surface area contributed by atoms with E-state index in [2.05, 4.69) is 10.2 Å². The molecule has 0 aromatic heterocycles. The Morgan fingerprint density at radius 3 is 1.50 bits per heavy atom. The lowest BCUT2D eigenvalue weighted by Gasteiger charge is -2.11. The first-order valence-corrected chi connectivity index (χ1v) is 7.28. The molecule has 0 heterocycles. The van der Waals surface area contributed by atoms with Gasteiger partial charge in [0, 0.05) is 11.8 Å². The zero-order chi connectivity index (χ0) is 15.4. The molecule has 2 unspecified atom stereocenters. The van der Waals surface area contributed by atoms with Gasteiger partial charge in [-0.2, -0.15) is 10.2 Å². The maximum atomic E-state index is 7.61. The van der Waals surface area contributed by atoms with Gasteiger partial charge in [-0.05, 0) is 12.8 Å². The summed E-state index contributed by atoms with van der Waals surface area (Å²) in [5, 5.41) is 23.1. The minimum atomic E-state index is 0.159. The van der Waals surface area contributed by atoms with Gasteiger partial charge in [0.05, 0.1) is 13.1 Å². The summed E-state index contributed by atoms with van der Waals surface area (Å²) in [4.78, 5) is 0. The highest BCUT2D eigenvalue weighted by Crippen LogP contribution is 2.04. The van der Waals surface area contributed by atoms with Gasteiger partial charge >= 0.3 is 0 Å². The third kappa shape index (κ3) is 8.61. The van der Waals surface area contributed by atoms with Crippen molar-refractivity contribution in [3.8, 4) is 0 Å². The van der Waals surface area contributed by atoms with E-state index in [-0.39, 0.29) is 11.8 Å². The third-order valence-corrected chi connectivity index (χ3v) is 3.12. The van der Waals surface area contributed by atoms with Crippen LogP contribution in [0.3, 0.4) is 0 Å². The first kappa shape index (κ1) is 18.5. The highest BCUT2D eigenvalue weighted by molar-refractivity contribution is 5.75. The molecule has 116 valence electrons. The first-order chi connectivity index (χ1) is 9.52. The lowest BCUT2D eigenvalue weighted by atomic mass is 10.1. The van der Waals surface area contributed by atoms with Gasteiger partial charge in [0.25, 0.3) is 0 Å². The fourth-order valence-corrected chi connectivity index (χ4v) is 1.19. The van der Waals surface area contributed by atoms with Crippen LogP contribution in [0.25, 0.3) is 0 Å². The molecule has 0 saturated heterocycles. The molecule has 0 fully saturated rings. The summed E-state index contributed by atoms with van der Waals surface area (Å²) in [5.41, 5.74) is 0. The zero-order valence-corrected chi connectivity index (χ0v) is 13.1. The van der Waals surface area contributed by atoms with E-state index in [1.54, 1.807) is 0 Å². The Balaban J connectivity index is 3.54. The van der Waals surface area contributed by atoms with Crippen molar-refractivity contribution >= 4 is 11.8 Å². The van der Waals surface area contributed by atoms with E-state index in [4.69, 9.17) is 20.3 Å². The van der Waals surface area contributed by atoms with Crippen LogP contribution in [0.5, 0.6) is 0 Å². The van der Waals surface area contributed by atoms with Gasteiger partial charge in [0.1, 0.15) is 13.2 Å². The lowest BCUT2D eigenvalue weighted by Crippen LogP contribution is -2.15. The number of nitrogens with one attached hydrogen (secondary N) is 2. The van der Waals surface area contributed by atoms with Crippen LogP contribution >= 0.6 is 0 Å². The van der Waals surface area contributed by atoms with Crippen LogP contribution in [0.2, 0.25) is 0 Å². The van der Waals surface area contributed by atoms with Gasteiger partial charge in [-0.1, -0.05) is 27.7 Å². The lowest BCUT2D eigenvalue weighted by molar-refractivity contribution is 0.279. The van der Waals surface area contributed by atoms with Crippen LogP contribution < -0.4 is 0 Å². The van der Waals surface area contributed by atoms with Crippen molar-refractivity contribution in [1.82, 2.24) is 0 Å². The van der Waals surface area contributed by atoms with E-state index in [9.17, 15) is 0 Å². The van der Waals surface area contributed by atoms with Gasteiger partial charge in [-0.25, -0.2) is 0 Å². The number of hydrogen-bond acceptors (Lipinski definition) is 6. The molecule has 0 aromatic rings. The Morgan fingerprint density at radius 1 is 0.850 bits per heavy atom. The predicted octanol–water partition coefficient (Wildman–Crippen LogP) is 3.52. The van der Waals surface area contributed by atoms with Crippen molar-refractivity contribution in [3.63, 3.8) is 0 Å². The average Bonchev–Trinajstić information content (AvgIpc) is 2.47. The van der Waals surface area contributed by atoms with E-state index in [1.165, 1.54) is 0 Å². The molecule has 0 aromatic carbocycles. The van der Waals surface area contributed by atoms with E-state index in [1.807, 2.05) is 27.7 Å². The zero-order valence-electron chi connectivity index (χ0n) is 13.1. The normalized spacial score (nSPS) is 14.0. The summed E-state index contributed by atoms with van der Waals surface area (Å²) < 4.78 is 10.5. The van der Waals surface area contributed by atoms with Crippen LogP contribution in [-0.4, -0.2) is 38.1 Å². The molecule has 0 bridgehead atoms. The molecule has 0 radical (unpaired) electrons. The molecular weight excluding hydrogens is 256 g/mol. The molecule has 0 amide bonds. The maximum absolute atomic E-state index is 7.61. The van der Waals surface area contributed by atoms with Gasteiger partial charge < -0.3 is 9.47 Å². The molecule has 0 aliphatic rings. The number of hydrogen-bond donors (Lipinski definition) is 2. The molecule has 6 heteroatoms. The third-order valence-electron chi connectivity index (χ3n) is 3.12. The van der Waals surface area contributed by atoms with Crippen molar-refractivity contribution in [2.24, 2.45) is 22.1 Å². The van der Waals surface area contributed by atoms with E-state index >= 15 is 0 Å². The number of rotatable bonds is 10. The van der Waals surface area contributed by atoms with E-state index in [0.717, 1.165) is 12.8 Å².